The van der Waals surface area contributed by atoms with Crippen LogP contribution in [0, 0.1) is 6.92 Å². The van der Waals surface area contributed by atoms with Crippen LogP contribution in [0.5, 0.6) is 0 Å². The van der Waals surface area contributed by atoms with E-state index in [9.17, 15) is 18.0 Å². The van der Waals surface area contributed by atoms with Crippen LogP contribution in [0.2, 0.25) is 0 Å². The first-order valence-corrected chi connectivity index (χ1v) is 17.6. The van der Waals surface area contributed by atoms with E-state index < -0.39 is 11.9 Å². The number of hydrogen-bond donors (Lipinski definition) is 2. The molecule has 2 aliphatic rings. The van der Waals surface area contributed by atoms with Crippen LogP contribution in [-0.2, 0) is 17.5 Å². The Morgan fingerprint density at radius 2 is 1.71 bits per heavy atom. The molecule has 0 aliphatic carbocycles. The van der Waals surface area contributed by atoms with Gasteiger partial charge in [0.15, 0.2) is 11.5 Å². The highest BCUT2D eigenvalue weighted by atomic mass is 32.1. The van der Waals surface area contributed by atoms with Crippen LogP contribution in [-0.4, -0.2) is 73.3 Å². The predicted octanol–water partition coefficient (Wildman–Crippen LogP) is 6.81. The highest BCUT2D eigenvalue weighted by Gasteiger charge is 2.35. The van der Waals surface area contributed by atoms with Gasteiger partial charge in [-0.25, -0.2) is 9.97 Å². The normalized spacial score (nSPS) is 16.2. The minimum Gasteiger partial charge on any atom is -0.411 e. The second kappa shape index (κ2) is 15.4. The Morgan fingerprint density at radius 1 is 1.02 bits per heavy atom. The summed E-state index contributed by atoms with van der Waals surface area (Å²) in [5.41, 5.74) is 2.67. The largest absolute Gasteiger partial charge is 0.435 e. The number of hydrogen-bond acceptors (Lipinski definition) is 11. The van der Waals surface area contributed by atoms with E-state index in [0.717, 1.165) is 64.4 Å². The van der Waals surface area contributed by atoms with Gasteiger partial charge in [-0.2, -0.15) is 18.3 Å². The van der Waals surface area contributed by atoms with Crippen molar-refractivity contribution in [3.63, 3.8) is 0 Å². The number of likely N-dealkylation sites (tertiary alicyclic amines) is 1. The summed E-state index contributed by atoms with van der Waals surface area (Å²) < 4.78 is 44.7. The van der Waals surface area contributed by atoms with Crippen molar-refractivity contribution in [1.29, 1.82) is 0 Å². The number of rotatable bonds is 7. The third-order valence-electron chi connectivity index (χ3n) is 8.52. The van der Waals surface area contributed by atoms with E-state index in [2.05, 4.69) is 31.1 Å². The Balaban J connectivity index is 0.000000173. The smallest absolute Gasteiger partial charge is 0.411 e. The van der Waals surface area contributed by atoms with Gasteiger partial charge >= 0.3 is 6.18 Å². The number of aromatic nitrogens is 5. The second-order valence-electron chi connectivity index (χ2n) is 11.9. The molecule has 258 valence electrons. The van der Waals surface area contributed by atoms with Crippen LogP contribution in [0.3, 0.4) is 0 Å². The minimum absolute atomic E-state index is 0.207. The molecule has 0 bridgehead atoms. The average Bonchev–Trinajstić information content (AvgIpc) is 3.94. The summed E-state index contributed by atoms with van der Waals surface area (Å²) >= 11 is 3.21. The molecule has 2 saturated heterocycles. The van der Waals surface area contributed by atoms with Crippen LogP contribution in [0.4, 0.5) is 13.2 Å². The van der Waals surface area contributed by atoms with Gasteiger partial charge in [0.25, 0.3) is 0 Å². The lowest BCUT2D eigenvalue weighted by atomic mass is 9.97. The summed E-state index contributed by atoms with van der Waals surface area (Å²) in [7, 11) is 0. The number of nitrogens with one attached hydrogen (secondary N) is 1. The van der Waals surface area contributed by atoms with E-state index in [-0.39, 0.29) is 18.4 Å². The maximum atomic E-state index is 12.7. The molecule has 6 heterocycles. The quantitative estimate of drug-likeness (QED) is 0.107. The number of carbonyl (C=O) groups excluding carboxylic acids is 1. The monoisotopic (exact) mass is 712 g/mol. The molecule has 1 amide bonds. The summed E-state index contributed by atoms with van der Waals surface area (Å²) in [6.45, 7) is 4.49. The van der Waals surface area contributed by atoms with Gasteiger partial charge in [-0.3, -0.25) is 9.48 Å². The summed E-state index contributed by atoms with van der Waals surface area (Å²) in [5, 5.41) is 28.6. The molecule has 2 N–H and O–H groups in total. The number of amides is 1. The SMILES string of the molecule is Cc1cc(C(F)(F)F)nn1CC(=O)N1CCC(c2nc(C=NO)cs2)CC1.c1ccc(-c2cc(-c3csc(C4CCNCC4)n3)no2)cc1. The summed E-state index contributed by atoms with van der Waals surface area (Å²) in [6.07, 6.45) is 0.523. The van der Waals surface area contributed by atoms with Crippen molar-refractivity contribution in [2.75, 3.05) is 26.2 Å². The van der Waals surface area contributed by atoms with Crippen molar-refractivity contribution in [2.24, 2.45) is 5.16 Å². The van der Waals surface area contributed by atoms with Crippen LogP contribution >= 0.6 is 22.7 Å². The van der Waals surface area contributed by atoms with Crippen molar-refractivity contribution in [1.82, 2.24) is 35.1 Å². The molecule has 16 heteroatoms. The predicted molar refractivity (Wildman–Crippen MR) is 180 cm³/mol. The Kier molecular flexibility index (Phi) is 10.8. The molecule has 0 radical (unpaired) electrons. The van der Waals surface area contributed by atoms with E-state index in [1.165, 1.54) is 42.3 Å². The first-order chi connectivity index (χ1) is 23.7. The number of carbonyl (C=O) groups is 1. The number of piperidine rings is 2. The highest BCUT2D eigenvalue weighted by molar-refractivity contribution is 7.10. The molecule has 0 atom stereocenters. The summed E-state index contributed by atoms with van der Waals surface area (Å²) in [5.74, 6) is 1.33. The lowest BCUT2D eigenvalue weighted by molar-refractivity contribution is -0.142. The Bertz CT molecular complexity index is 1850. The van der Waals surface area contributed by atoms with Gasteiger partial charge in [0.2, 0.25) is 5.91 Å². The van der Waals surface area contributed by atoms with E-state index >= 15 is 0 Å². The molecule has 7 rings (SSSR count). The topological polar surface area (TPSA) is 135 Å². The number of nitrogens with zero attached hydrogens (tertiary/aromatic N) is 7. The maximum absolute atomic E-state index is 12.7. The standard InChI is InChI=1S/C17H17N3OS.C16H18F3N5O2S/c1-2-4-12(5-3-1)16-10-14(20-21-16)15-11-22-17(19-15)13-6-8-18-9-7-13;1-10-6-13(16(17,18)19)22-24(10)8-14(25)23-4-2-11(3-5-23)15-21-12(7-20-26)9-27-15/h1-5,10-11,13,18H,6-9H2;6-7,9,11,26H,2-5,8H2,1H3. The third kappa shape index (κ3) is 8.61. The van der Waals surface area contributed by atoms with Gasteiger partial charge in [0.05, 0.1) is 21.9 Å². The van der Waals surface area contributed by atoms with Crippen LogP contribution in [0.25, 0.3) is 22.7 Å². The Labute approximate surface area is 288 Å². The molecule has 0 spiro atoms. The summed E-state index contributed by atoms with van der Waals surface area (Å²) in [6, 6.07) is 12.9. The van der Waals surface area contributed by atoms with Crippen molar-refractivity contribution in [3.8, 4) is 22.7 Å². The molecule has 5 aromatic rings. The van der Waals surface area contributed by atoms with Gasteiger partial charge in [-0.1, -0.05) is 40.6 Å². The molecule has 2 fully saturated rings. The third-order valence-corrected chi connectivity index (χ3v) is 10.6. The van der Waals surface area contributed by atoms with Gasteiger partial charge in [0, 0.05) is 53.0 Å². The van der Waals surface area contributed by atoms with E-state index in [1.807, 2.05) is 36.4 Å². The van der Waals surface area contributed by atoms with Crippen molar-refractivity contribution in [3.05, 3.63) is 80.3 Å². The fourth-order valence-corrected chi connectivity index (χ4v) is 7.74. The van der Waals surface area contributed by atoms with Crippen LogP contribution in [0.15, 0.2) is 62.9 Å². The minimum atomic E-state index is -4.52. The zero-order valence-corrected chi connectivity index (χ0v) is 28.3. The number of thiazole rings is 2. The van der Waals surface area contributed by atoms with Crippen molar-refractivity contribution < 1.29 is 27.7 Å². The first kappa shape index (κ1) is 34.5. The second-order valence-corrected chi connectivity index (χ2v) is 13.7. The van der Waals surface area contributed by atoms with E-state index in [4.69, 9.17) is 14.7 Å². The van der Waals surface area contributed by atoms with Crippen molar-refractivity contribution >= 4 is 34.8 Å². The van der Waals surface area contributed by atoms with Gasteiger partial charge < -0.3 is 19.9 Å². The zero-order chi connectivity index (χ0) is 34.4. The fourth-order valence-electron chi connectivity index (χ4n) is 5.82. The van der Waals surface area contributed by atoms with E-state index in [1.54, 1.807) is 21.6 Å². The molecular weight excluding hydrogens is 678 g/mol. The maximum Gasteiger partial charge on any atom is 0.435 e. The molecule has 49 heavy (non-hydrogen) atoms. The lowest BCUT2D eigenvalue weighted by Crippen LogP contribution is -2.40. The molecule has 1 aromatic carbocycles. The molecule has 0 unspecified atom stereocenters. The first-order valence-electron chi connectivity index (χ1n) is 15.9. The molecule has 4 aromatic heterocycles. The number of halogens is 3. The summed E-state index contributed by atoms with van der Waals surface area (Å²) in [4.78, 5) is 23.2. The molecule has 0 saturated carbocycles. The molecule has 11 nitrogen and oxygen atoms in total. The number of benzene rings is 1. The van der Waals surface area contributed by atoms with Crippen LogP contribution in [0.1, 0.15) is 64.6 Å². The number of aryl methyl sites for hydroxylation is 1. The zero-order valence-electron chi connectivity index (χ0n) is 26.6. The number of oxime groups is 1. The lowest BCUT2D eigenvalue weighted by Gasteiger charge is -2.31. The Morgan fingerprint density at radius 3 is 2.41 bits per heavy atom. The fraction of sp³-hybridized carbons (Fsp3) is 0.394. The average molecular weight is 713 g/mol. The van der Waals surface area contributed by atoms with Gasteiger partial charge in [-0.15, -0.1) is 22.7 Å². The van der Waals surface area contributed by atoms with Crippen LogP contribution < -0.4 is 5.32 Å². The van der Waals surface area contributed by atoms with E-state index in [0.29, 0.717) is 30.4 Å². The molecule has 2 aliphatic heterocycles. The van der Waals surface area contributed by atoms with Crippen molar-refractivity contribution in [2.45, 2.75) is 57.2 Å². The van der Waals surface area contributed by atoms with Gasteiger partial charge in [0.1, 0.15) is 17.9 Å². The molecular formula is C33H35F3N8O3S2. The number of alkyl halides is 3. The Hall–Kier alpha value is -4.41. The highest BCUT2D eigenvalue weighted by Crippen LogP contribution is 2.33. The van der Waals surface area contributed by atoms with Gasteiger partial charge in [-0.05, 0) is 51.8 Å².